The second-order valence-electron chi connectivity index (χ2n) is 15.3. The lowest BCUT2D eigenvalue weighted by atomic mass is 10.1. The molecule has 1 aromatic carbocycles. The summed E-state index contributed by atoms with van der Waals surface area (Å²) in [4.78, 5) is 48.9. The quantitative estimate of drug-likeness (QED) is 0.179. The molecule has 0 unspecified atom stereocenters. The lowest BCUT2D eigenvalue weighted by Crippen LogP contribution is -2.50. The molecule has 4 atom stereocenters. The van der Waals surface area contributed by atoms with E-state index in [0.717, 1.165) is 4.57 Å². The third-order valence-corrected chi connectivity index (χ3v) is 19.0. The van der Waals surface area contributed by atoms with Crippen LogP contribution < -0.4 is 10.9 Å². The van der Waals surface area contributed by atoms with Crippen molar-refractivity contribution in [3.8, 4) is 0 Å². The normalized spacial score (nSPS) is 20.8. The van der Waals surface area contributed by atoms with Crippen molar-refractivity contribution in [2.24, 2.45) is 0 Å². The van der Waals surface area contributed by atoms with Gasteiger partial charge in [-0.15, -0.1) is 11.8 Å². The summed E-state index contributed by atoms with van der Waals surface area (Å²) in [6, 6.07) is 8.33. The maximum absolute atomic E-state index is 14.0. The van der Waals surface area contributed by atoms with E-state index in [2.05, 4.69) is 83.0 Å². The molecule has 1 aliphatic heterocycles. The van der Waals surface area contributed by atoms with Gasteiger partial charge in [0.25, 0.3) is 11.5 Å². The van der Waals surface area contributed by atoms with E-state index < -0.39 is 58.5 Å². The highest BCUT2D eigenvalue weighted by Gasteiger charge is 2.53. The number of rotatable bonds is 11. The maximum atomic E-state index is 14.0. The average molecular weight is 718 g/mol. The van der Waals surface area contributed by atoms with E-state index in [0.29, 0.717) is 12.5 Å². The van der Waals surface area contributed by atoms with Crippen LogP contribution >= 0.6 is 11.8 Å². The Morgan fingerprint density at radius 2 is 1.62 bits per heavy atom. The van der Waals surface area contributed by atoms with Gasteiger partial charge in [0.1, 0.15) is 18.3 Å². The van der Waals surface area contributed by atoms with Crippen LogP contribution in [-0.4, -0.2) is 84.7 Å². The third-order valence-electron chi connectivity index (χ3n) is 9.70. The first-order valence-corrected chi connectivity index (χ1v) is 23.4. The Morgan fingerprint density at radius 1 is 1.00 bits per heavy atom. The van der Waals surface area contributed by atoms with Crippen LogP contribution in [0.3, 0.4) is 0 Å². The zero-order chi connectivity index (χ0) is 35.8. The van der Waals surface area contributed by atoms with E-state index in [9.17, 15) is 14.4 Å². The van der Waals surface area contributed by atoms with Gasteiger partial charge in [0.2, 0.25) is 11.9 Å². The minimum absolute atomic E-state index is 0.0145. The van der Waals surface area contributed by atoms with Crippen LogP contribution in [0, 0.1) is 0 Å². The number of aromatic nitrogens is 4. The number of nitrogens with one attached hydrogen (secondary N) is 1. The van der Waals surface area contributed by atoms with Crippen molar-refractivity contribution in [2.45, 2.75) is 109 Å². The van der Waals surface area contributed by atoms with Gasteiger partial charge in [0.15, 0.2) is 34.0 Å². The molecule has 15 heteroatoms. The van der Waals surface area contributed by atoms with Gasteiger partial charge in [-0.2, -0.15) is 4.98 Å². The van der Waals surface area contributed by atoms with Crippen LogP contribution in [-0.2, 0) is 23.1 Å². The summed E-state index contributed by atoms with van der Waals surface area (Å²) in [7, 11) is -4.58. The van der Waals surface area contributed by atoms with Gasteiger partial charge < -0.3 is 18.3 Å². The Labute approximate surface area is 289 Å². The van der Waals surface area contributed by atoms with Crippen molar-refractivity contribution in [2.75, 3.05) is 24.1 Å². The smallest absolute Gasteiger partial charge is 0.290 e. The first kappa shape index (κ1) is 38.1. The largest absolute Gasteiger partial charge is 0.414 e. The lowest BCUT2D eigenvalue weighted by Gasteiger charge is -2.41. The monoisotopic (exact) mass is 717 g/mol. The summed E-state index contributed by atoms with van der Waals surface area (Å²) in [6.07, 6.45) is 1.02. The van der Waals surface area contributed by atoms with Crippen molar-refractivity contribution in [1.82, 2.24) is 19.1 Å². The van der Waals surface area contributed by atoms with Gasteiger partial charge in [0.05, 0.1) is 18.9 Å². The van der Waals surface area contributed by atoms with E-state index in [4.69, 9.17) is 18.3 Å². The highest BCUT2D eigenvalue weighted by Crippen LogP contribution is 2.44. The molecule has 3 heterocycles. The SMILES string of the molecule is CSCO[C@H]1[C@@H](O[Si](C)(C)C(C)(C)C)[C@H](n2cnc3c(=O)n(C(=O)c4ccccc4)c(NC(C)=O)nc32)O[C@@H]1CO[Si](C)(C)C(C)(C)C. The molecule has 0 spiro atoms. The molecule has 1 aliphatic rings. The highest BCUT2D eigenvalue weighted by molar-refractivity contribution is 7.98. The predicted octanol–water partition coefficient (Wildman–Crippen LogP) is 6.26. The first-order valence-electron chi connectivity index (χ1n) is 16.1. The maximum Gasteiger partial charge on any atom is 0.290 e. The fourth-order valence-corrected chi connectivity index (χ4v) is 7.45. The van der Waals surface area contributed by atoms with Crippen LogP contribution in [0.1, 0.15) is 65.1 Å². The molecular weight excluding hydrogens is 667 g/mol. The second kappa shape index (κ2) is 14.3. The fourth-order valence-electron chi connectivity index (χ4n) is 4.86. The van der Waals surface area contributed by atoms with E-state index >= 15 is 0 Å². The van der Waals surface area contributed by atoms with Gasteiger partial charge in [-0.25, -0.2) is 9.55 Å². The van der Waals surface area contributed by atoms with Crippen molar-refractivity contribution < 1.29 is 27.9 Å². The zero-order valence-electron chi connectivity index (χ0n) is 30.2. The molecular formula is C33H51N5O7SSi2. The summed E-state index contributed by atoms with van der Waals surface area (Å²) in [5.74, 6) is -0.940. The Hall–Kier alpha value is -2.67. The van der Waals surface area contributed by atoms with Crippen molar-refractivity contribution in [1.29, 1.82) is 0 Å². The first-order chi connectivity index (χ1) is 22.2. The molecule has 0 bridgehead atoms. The number of thioether (sulfide) groups is 1. The van der Waals surface area contributed by atoms with Crippen molar-refractivity contribution >= 4 is 57.3 Å². The summed E-state index contributed by atoms with van der Waals surface area (Å²) < 4.78 is 29.5. The van der Waals surface area contributed by atoms with E-state index in [1.165, 1.54) is 13.3 Å². The van der Waals surface area contributed by atoms with Gasteiger partial charge >= 0.3 is 0 Å². The highest BCUT2D eigenvalue weighted by atomic mass is 32.2. The number of fused-ring (bicyclic) bond motifs is 1. The van der Waals surface area contributed by atoms with E-state index in [1.54, 1.807) is 46.7 Å². The predicted molar refractivity (Wildman–Crippen MR) is 195 cm³/mol. The minimum atomic E-state index is -2.42. The van der Waals surface area contributed by atoms with Crippen LogP contribution in [0.5, 0.6) is 0 Å². The number of hydrogen-bond acceptors (Lipinski definition) is 10. The molecule has 1 N–H and O–H groups in total. The molecule has 2 aromatic heterocycles. The number of benzene rings is 1. The van der Waals surface area contributed by atoms with Crippen LogP contribution in [0.2, 0.25) is 36.3 Å². The van der Waals surface area contributed by atoms with Gasteiger partial charge in [-0.1, -0.05) is 59.7 Å². The standard InChI is InChI=1S/C33H51N5O7SSi2/c1-21(39)35-31-36-27-24(29(41)38(31)28(40)22-16-14-13-15-17-22)34-19-37(27)30-26(45-48(11,12)33(5,6)7)25(42-20-46-8)23(44-30)18-43-47(9,10)32(2,3)4/h13-17,19,23,25-26,30H,18,20H2,1-12H3,(H,35,36,39)/t23-,25-,26-,30-/m1/s1. The van der Waals surface area contributed by atoms with Crippen LogP contribution in [0.4, 0.5) is 5.95 Å². The number of ether oxygens (including phenoxy) is 2. The van der Waals surface area contributed by atoms with Gasteiger partial charge in [-0.05, 0) is 54.7 Å². The molecule has 264 valence electrons. The molecule has 48 heavy (non-hydrogen) atoms. The van der Waals surface area contributed by atoms with E-state index in [-0.39, 0.29) is 32.8 Å². The zero-order valence-corrected chi connectivity index (χ0v) is 33.1. The Bertz CT molecular complexity index is 1680. The minimum Gasteiger partial charge on any atom is -0.414 e. The Morgan fingerprint density at radius 3 is 2.19 bits per heavy atom. The molecule has 1 saturated heterocycles. The molecule has 12 nitrogen and oxygen atoms in total. The number of hydrogen-bond donors (Lipinski definition) is 1. The summed E-state index contributed by atoms with van der Waals surface area (Å²) in [5, 5.41) is 2.43. The van der Waals surface area contributed by atoms with Crippen LogP contribution in [0.15, 0.2) is 41.5 Å². The Kier molecular flexibility index (Phi) is 11.4. The number of amides is 1. The third kappa shape index (κ3) is 7.87. The number of imidazole rings is 1. The number of carbonyl (C=O) groups excluding carboxylic acids is 2. The van der Waals surface area contributed by atoms with Crippen LogP contribution in [0.25, 0.3) is 11.2 Å². The fraction of sp³-hybridized carbons (Fsp3) is 0.606. The molecule has 1 fully saturated rings. The number of anilines is 1. The topological polar surface area (TPSA) is 136 Å². The molecule has 0 radical (unpaired) electrons. The average Bonchev–Trinajstić information content (AvgIpc) is 3.54. The molecule has 1 amide bonds. The van der Waals surface area contributed by atoms with Gasteiger partial charge in [0, 0.05) is 12.5 Å². The second-order valence-corrected chi connectivity index (χ2v) is 25.6. The molecule has 0 saturated carbocycles. The molecule has 4 rings (SSSR count). The van der Waals surface area contributed by atoms with Crippen molar-refractivity contribution in [3.05, 3.63) is 52.6 Å². The summed E-state index contributed by atoms with van der Waals surface area (Å²) in [5.41, 5.74) is -0.369. The lowest BCUT2D eigenvalue weighted by molar-refractivity contribution is -0.114. The van der Waals surface area contributed by atoms with E-state index in [1.807, 2.05) is 6.26 Å². The summed E-state index contributed by atoms with van der Waals surface area (Å²) in [6.45, 7) is 23.4. The Balaban J connectivity index is 1.88. The number of nitrogens with zero attached hydrogens (tertiary/aromatic N) is 4. The molecule has 3 aromatic rings. The van der Waals surface area contributed by atoms with Crippen molar-refractivity contribution in [3.63, 3.8) is 0 Å². The molecule has 0 aliphatic carbocycles. The van der Waals surface area contributed by atoms with Gasteiger partial charge in [-0.3, -0.25) is 24.3 Å². The summed E-state index contributed by atoms with van der Waals surface area (Å²) >= 11 is 1.56. The number of carbonyl (C=O) groups is 2.